The van der Waals surface area contributed by atoms with Gasteiger partial charge < -0.3 is 0 Å². The van der Waals surface area contributed by atoms with Gasteiger partial charge in [0.1, 0.15) is 0 Å². The van der Waals surface area contributed by atoms with E-state index in [0.717, 1.165) is 6.42 Å². The fraction of sp³-hybridized carbons (Fsp3) is 0.455. The Bertz CT molecular complexity index is 194. The Kier molecular flexibility index (Phi) is 3.15. The molecule has 0 aliphatic heterocycles. The van der Waals surface area contributed by atoms with Crippen molar-refractivity contribution in [1.29, 1.82) is 0 Å². The molecule has 0 aromatic rings. The second-order valence-corrected chi connectivity index (χ2v) is 2.92. The highest BCUT2D eigenvalue weighted by Gasteiger charge is 2.07. The third kappa shape index (κ3) is 2.07. The highest BCUT2D eigenvalue weighted by Crippen LogP contribution is 2.27. The Morgan fingerprint density at radius 3 is 2.73 bits per heavy atom. The van der Waals surface area contributed by atoms with E-state index in [2.05, 4.69) is 25.7 Å². The molecule has 0 aromatic heterocycles. The van der Waals surface area contributed by atoms with E-state index in [9.17, 15) is 0 Å². The summed E-state index contributed by atoms with van der Waals surface area (Å²) in [6.07, 6.45) is 11.4. The molecule has 0 saturated carbocycles. The summed E-state index contributed by atoms with van der Waals surface area (Å²) < 4.78 is 0. The molecule has 0 atom stereocenters. The maximum absolute atomic E-state index is 3.81. The molecule has 0 heteroatoms. The van der Waals surface area contributed by atoms with Crippen LogP contribution in [0, 0.1) is 0 Å². The van der Waals surface area contributed by atoms with Crippen molar-refractivity contribution in [3.8, 4) is 0 Å². The molecule has 0 amide bonds. The Hall–Kier alpha value is -0.780. The van der Waals surface area contributed by atoms with E-state index >= 15 is 0 Å². The topological polar surface area (TPSA) is 0 Å². The van der Waals surface area contributed by atoms with Crippen LogP contribution in [0.1, 0.15) is 32.6 Å². The third-order valence-electron chi connectivity index (χ3n) is 2.11. The molecule has 0 saturated heterocycles. The van der Waals surface area contributed by atoms with Crippen molar-refractivity contribution in [3.63, 3.8) is 0 Å². The SMILES string of the molecule is C=CC1=C(/C=C\CC)CCC1. The monoisotopic (exact) mass is 148 g/mol. The summed E-state index contributed by atoms with van der Waals surface area (Å²) in [5.41, 5.74) is 2.96. The molecule has 0 N–H and O–H groups in total. The zero-order valence-electron chi connectivity index (χ0n) is 7.27. The van der Waals surface area contributed by atoms with Crippen LogP contribution in [0.2, 0.25) is 0 Å². The van der Waals surface area contributed by atoms with Gasteiger partial charge in [-0.1, -0.05) is 31.7 Å². The minimum Gasteiger partial charge on any atom is -0.0988 e. The molecule has 1 aliphatic rings. The van der Waals surface area contributed by atoms with E-state index in [0.29, 0.717) is 0 Å². The number of hydrogen-bond donors (Lipinski definition) is 0. The van der Waals surface area contributed by atoms with Gasteiger partial charge in [0, 0.05) is 0 Å². The van der Waals surface area contributed by atoms with Crippen LogP contribution in [0.4, 0.5) is 0 Å². The lowest BCUT2D eigenvalue weighted by atomic mass is 10.1. The summed E-state index contributed by atoms with van der Waals surface area (Å²) in [5.74, 6) is 0. The van der Waals surface area contributed by atoms with E-state index in [-0.39, 0.29) is 0 Å². The highest BCUT2D eigenvalue weighted by atomic mass is 14.1. The molecule has 1 rings (SSSR count). The molecular weight excluding hydrogens is 132 g/mol. The molecule has 0 radical (unpaired) electrons. The van der Waals surface area contributed by atoms with Crippen LogP contribution in [-0.2, 0) is 0 Å². The smallest absolute Gasteiger partial charge is 0.0273 e. The van der Waals surface area contributed by atoms with Gasteiger partial charge in [-0.15, -0.1) is 0 Å². The number of hydrogen-bond acceptors (Lipinski definition) is 0. The van der Waals surface area contributed by atoms with E-state index in [4.69, 9.17) is 0 Å². The Morgan fingerprint density at radius 2 is 2.09 bits per heavy atom. The van der Waals surface area contributed by atoms with Crippen molar-refractivity contribution in [3.05, 3.63) is 36.0 Å². The number of allylic oxidation sites excluding steroid dienone is 5. The van der Waals surface area contributed by atoms with E-state index in [1.54, 1.807) is 0 Å². The molecule has 0 heterocycles. The van der Waals surface area contributed by atoms with Gasteiger partial charge in [-0.25, -0.2) is 0 Å². The molecule has 60 valence electrons. The molecular formula is C11H16. The van der Waals surface area contributed by atoms with Gasteiger partial charge in [-0.3, -0.25) is 0 Å². The van der Waals surface area contributed by atoms with Crippen LogP contribution in [0.5, 0.6) is 0 Å². The lowest BCUT2D eigenvalue weighted by Gasteiger charge is -1.94. The predicted octanol–water partition coefficient (Wildman–Crippen LogP) is 3.62. The first-order valence-corrected chi connectivity index (χ1v) is 4.39. The quantitative estimate of drug-likeness (QED) is 0.573. The van der Waals surface area contributed by atoms with E-state index in [1.165, 1.54) is 30.4 Å². The van der Waals surface area contributed by atoms with Crippen LogP contribution < -0.4 is 0 Å². The molecule has 11 heavy (non-hydrogen) atoms. The highest BCUT2D eigenvalue weighted by molar-refractivity contribution is 5.35. The summed E-state index contributed by atoms with van der Waals surface area (Å²) in [6, 6.07) is 0. The summed E-state index contributed by atoms with van der Waals surface area (Å²) >= 11 is 0. The van der Waals surface area contributed by atoms with E-state index in [1.807, 2.05) is 6.08 Å². The van der Waals surface area contributed by atoms with Crippen molar-refractivity contribution in [1.82, 2.24) is 0 Å². The van der Waals surface area contributed by atoms with Crippen molar-refractivity contribution in [2.75, 3.05) is 0 Å². The van der Waals surface area contributed by atoms with E-state index < -0.39 is 0 Å². The minimum atomic E-state index is 1.13. The van der Waals surface area contributed by atoms with Gasteiger partial charge in [0.2, 0.25) is 0 Å². The Morgan fingerprint density at radius 1 is 1.36 bits per heavy atom. The first-order chi connectivity index (χ1) is 5.38. The molecule has 1 aliphatic carbocycles. The molecule has 0 spiro atoms. The van der Waals surface area contributed by atoms with Gasteiger partial charge in [-0.2, -0.15) is 0 Å². The molecule has 0 unspecified atom stereocenters. The lowest BCUT2D eigenvalue weighted by Crippen LogP contribution is -1.74. The molecule has 0 nitrogen and oxygen atoms in total. The average Bonchev–Trinajstić information content (AvgIpc) is 2.47. The molecule has 0 fully saturated rings. The Labute approximate surface area is 69.3 Å². The summed E-state index contributed by atoms with van der Waals surface area (Å²) in [5, 5.41) is 0. The summed E-state index contributed by atoms with van der Waals surface area (Å²) in [7, 11) is 0. The third-order valence-corrected chi connectivity index (χ3v) is 2.11. The maximum Gasteiger partial charge on any atom is -0.0273 e. The van der Waals surface area contributed by atoms with Gasteiger partial charge in [0.25, 0.3) is 0 Å². The first kappa shape index (κ1) is 8.32. The van der Waals surface area contributed by atoms with Crippen LogP contribution in [0.3, 0.4) is 0 Å². The van der Waals surface area contributed by atoms with Crippen LogP contribution >= 0.6 is 0 Å². The predicted molar refractivity (Wildman–Crippen MR) is 50.5 cm³/mol. The van der Waals surface area contributed by atoms with Crippen molar-refractivity contribution in [2.24, 2.45) is 0 Å². The van der Waals surface area contributed by atoms with Gasteiger partial charge >= 0.3 is 0 Å². The fourth-order valence-corrected chi connectivity index (χ4v) is 1.47. The largest absolute Gasteiger partial charge is 0.0988 e. The second-order valence-electron chi connectivity index (χ2n) is 2.92. The maximum atomic E-state index is 3.81. The fourth-order valence-electron chi connectivity index (χ4n) is 1.47. The van der Waals surface area contributed by atoms with Crippen molar-refractivity contribution >= 4 is 0 Å². The minimum absolute atomic E-state index is 1.13. The summed E-state index contributed by atoms with van der Waals surface area (Å²) in [6.45, 7) is 5.98. The molecule has 0 bridgehead atoms. The van der Waals surface area contributed by atoms with Crippen LogP contribution in [0.25, 0.3) is 0 Å². The average molecular weight is 148 g/mol. The van der Waals surface area contributed by atoms with Crippen molar-refractivity contribution in [2.45, 2.75) is 32.6 Å². The first-order valence-electron chi connectivity index (χ1n) is 4.39. The van der Waals surface area contributed by atoms with Crippen LogP contribution in [-0.4, -0.2) is 0 Å². The standard InChI is InChI=1S/C11H16/c1-3-5-7-11-9-6-8-10(11)4-2/h4-5,7H,2-3,6,8-9H2,1H3/b7-5-. The molecule has 0 aromatic carbocycles. The van der Waals surface area contributed by atoms with Crippen LogP contribution in [0.15, 0.2) is 36.0 Å². The van der Waals surface area contributed by atoms with Crippen molar-refractivity contribution < 1.29 is 0 Å². The normalized spacial score (nSPS) is 18.3. The zero-order valence-corrected chi connectivity index (χ0v) is 7.27. The zero-order chi connectivity index (χ0) is 8.10. The Balaban J connectivity index is 2.66. The summed E-state index contributed by atoms with van der Waals surface area (Å²) in [4.78, 5) is 0. The van der Waals surface area contributed by atoms with Gasteiger partial charge in [0.05, 0.1) is 0 Å². The number of rotatable bonds is 3. The second kappa shape index (κ2) is 4.17. The van der Waals surface area contributed by atoms with Gasteiger partial charge in [-0.05, 0) is 36.8 Å². The lowest BCUT2D eigenvalue weighted by molar-refractivity contribution is 0.906. The van der Waals surface area contributed by atoms with Gasteiger partial charge in [0.15, 0.2) is 0 Å².